The molecule has 1 aliphatic carbocycles. The molecule has 2 amide bonds. The Kier molecular flexibility index (Phi) is 4.50. The fraction of sp³-hybridized carbons (Fsp3) is 0.643. The first-order valence-corrected chi connectivity index (χ1v) is 7.17. The van der Waals surface area contributed by atoms with Crippen LogP contribution in [0.5, 0.6) is 0 Å². The van der Waals surface area contributed by atoms with Gasteiger partial charge in [-0.15, -0.1) is 0 Å². The molecule has 1 fully saturated rings. The minimum atomic E-state index is -0.816. The van der Waals surface area contributed by atoms with Gasteiger partial charge < -0.3 is 15.7 Å². The smallest absolute Gasteiger partial charge is 0.315 e. The number of nitrogens with one attached hydrogen (secondary N) is 2. The van der Waals surface area contributed by atoms with E-state index in [2.05, 4.69) is 15.7 Å². The van der Waals surface area contributed by atoms with Gasteiger partial charge in [0.1, 0.15) is 0 Å². The SMILES string of the molecule is Cc1nn(C)cc1CNC(=O)NCC1(C(=O)O)CCCC1. The Morgan fingerprint density at radius 3 is 2.57 bits per heavy atom. The summed E-state index contributed by atoms with van der Waals surface area (Å²) >= 11 is 0. The maximum atomic E-state index is 11.8. The van der Waals surface area contributed by atoms with Crippen molar-refractivity contribution in [2.75, 3.05) is 6.54 Å². The van der Waals surface area contributed by atoms with Gasteiger partial charge in [-0.05, 0) is 19.8 Å². The van der Waals surface area contributed by atoms with Crippen molar-refractivity contribution in [3.05, 3.63) is 17.5 Å². The highest BCUT2D eigenvalue weighted by atomic mass is 16.4. The van der Waals surface area contributed by atoms with Crippen LogP contribution in [-0.2, 0) is 18.4 Å². The molecule has 21 heavy (non-hydrogen) atoms. The molecule has 1 aromatic rings. The van der Waals surface area contributed by atoms with E-state index < -0.39 is 11.4 Å². The Morgan fingerprint density at radius 1 is 1.38 bits per heavy atom. The fourth-order valence-electron chi connectivity index (χ4n) is 2.83. The monoisotopic (exact) mass is 294 g/mol. The second kappa shape index (κ2) is 6.15. The second-order valence-corrected chi connectivity index (χ2v) is 5.74. The van der Waals surface area contributed by atoms with Gasteiger partial charge in [0.15, 0.2) is 0 Å². The number of aromatic nitrogens is 2. The maximum absolute atomic E-state index is 11.8. The van der Waals surface area contributed by atoms with Crippen LogP contribution >= 0.6 is 0 Å². The molecule has 0 spiro atoms. The van der Waals surface area contributed by atoms with Crippen molar-refractivity contribution >= 4 is 12.0 Å². The Bertz CT molecular complexity index is 532. The van der Waals surface area contributed by atoms with Crippen LogP contribution in [0.2, 0.25) is 0 Å². The van der Waals surface area contributed by atoms with Crippen LogP contribution < -0.4 is 10.6 Å². The van der Waals surface area contributed by atoms with Gasteiger partial charge >= 0.3 is 12.0 Å². The topological polar surface area (TPSA) is 96.3 Å². The van der Waals surface area contributed by atoms with Crippen molar-refractivity contribution in [2.45, 2.75) is 39.2 Å². The minimum Gasteiger partial charge on any atom is -0.481 e. The molecule has 7 nitrogen and oxygen atoms in total. The molecule has 1 aliphatic rings. The van der Waals surface area contributed by atoms with Crippen molar-refractivity contribution in [1.82, 2.24) is 20.4 Å². The number of hydrogen-bond donors (Lipinski definition) is 3. The van der Waals surface area contributed by atoms with E-state index in [0.717, 1.165) is 24.1 Å². The molecular formula is C14H22N4O3. The third-order valence-corrected chi connectivity index (χ3v) is 4.16. The highest BCUT2D eigenvalue weighted by Crippen LogP contribution is 2.37. The maximum Gasteiger partial charge on any atom is 0.315 e. The summed E-state index contributed by atoms with van der Waals surface area (Å²) in [5.74, 6) is -0.816. The normalized spacial score (nSPS) is 16.7. The molecule has 1 aromatic heterocycles. The summed E-state index contributed by atoms with van der Waals surface area (Å²) in [5.41, 5.74) is 1.03. The molecule has 0 bridgehead atoms. The molecule has 0 saturated heterocycles. The van der Waals surface area contributed by atoms with E-state index in [4.69, 9.17) is 0 Å². The number of aliphatic carboxylic acids is 1. The summed E-state index contributed by atoms with van der Waals surface area (Å²) < 4.78 is 1.70. The van der Waals surface area contributed by atoms with Gasteiger partial charge in [-0.25, -0.2) is 4.79 Å². The van der Waals surface area contributed by atoms with Crippen LogP contribution in [0, 0.1) is 12.3 Å². The molecule has 3 N–H and O–H groups in total. The Labute approximate surface area is 123 Å². The standard InChI is InChI=1S/C14H22N4O3/c1-10-11(8-18(2)17-10)7-15-13(21)16-9-14(12(19)20)5-3-4-6-14/h8H,3-7,9H2,1-2H3,(H,19,20)(H2,15,16,21). The molecule has 116 valence electrons. The molecular weight excluding hydrogens is 272 g/mol. The molecule has 0 radical (unpaired) electrons. The number of urea groups is 1. The molecule has 1 heterocycles. The minimum absolute atomic E-state index is 0.181. The number of amides is 2. The van der Waals surface area contributed by atoms with E-state index >= 15 is 0 Å². The van der Waals surface area contributed by atoms with E-state index in [9.17, 15) is 14.7 Å². The average Bonchev–Trinajstić information content (AvgIpc) is 3.02. The third kappa shape index (κ3) is 3.53. The zero-order chi connectivity index (χ0) is 15.5. The van der Waals surface area contributed by atoms with E-state index in [1.807, 2.05) is 20.2 Å². The van der Waals surface area contributed by atoms with Gasteiger partial charge in [-0.1, -0.05) is 12.8 Å². The number of rotatable bonds is 5. The molecule has 0 atom stereocenters. The predicted molar refractivity (Wildman–Crippen MR) is 76.7 cm³/mol. The first-order valence-electron chi connectivity index (χ1n) is 7.17. The number of carboxylic acids is 1. The molecule has 0 unspecified atom stereocenters. The van der Waals surface area contributed by atoms with Gasteiger partial charge in [0, 0.05) is 31.9 Å². The zero-order valence-corrected chi connectivity index (χ0v) is 12.5. The van der Waals surface area contributed by atoms with Gasteiger partial charge in [0.2, 0.25) is 0 Å². The summed E-state index contributed by atoms with van der Waals surface area (Å²) in [4.78, 5) is 23.2. The van der Waals surface area contributed by atoms with E-state index in [1.165, 1.54) is 0 Å². The summed E-state index contributed by atoms with van der Waals surface area (Å²) in [6.07, 6.45) is 4.93. The number of aryl methyl sites for hydroxylation is 2. The van der Waals surface area contributed by atoms with Crippen LogP contribution in [0.1, 0.15) is 36.9 Å². The Hall–Kier alpha value is -2.05. The van der Waals surface area contributed by atoms with Crippen molar-refractivity contribution in [2.24, 2.45) is 12.5 Å². The van der Waals surface area contributed by atoms with Gasteiger partial charge in [0.05, 0.1) is 11.1 Å². The number of carboxylic acid groups (broad SMARTS) is 1. The van der Waals surface area contributed by atoms with E-state index in [0.29, 0.717) is 19.4 Å². The lowest BCUT2D eigenvalue weighted by molar-refractivity contribution is -0.148. The van der Waals surface area contributed by atoms with Crippen molar-refractivity contribution < 1.29 is 14.7 Å². The zero-order valence-electron chi connectivity index (χ0n) is 12.5. The van der Waals surface area contributed by atoms with E-state index in [1.54, 1.807) is 4.68 Å². The number of carbonyl (C=O) groups excluding carboxylic acids is 1. The van der Waals surface area contributed by atoms with Gasteiger partial charge in [-0.3, -0.25) is 9.48 Å². The van der Waals surface area contributed by atoms with Crippen LogP contribution in [0.15, 0.2) is 6.20 Å². The number of nitrogens with zero attached hydrogens (tertiary/aromatic N) is 2. The van der Waals surface area contributed by atoms with Crippen molar-refractivity contribution in [3.63, 3.8) is 0 Å². The Morgan fingerprint density at radius 2 is 2.05 bits per heavy atom. The predicted octanol–water partition coefficient (Wildman–Crippen LogP) is 1.17. The van der Waals surface area contributed by atoms with Crippen LogP contribution in [-0.4, -0.2) is 33.4 Å². The summed E-state index contributed by atoms with van der Waals surface area (Å²) in [6, 6.07) is -0.342. The molecule has 0 aliphatic heterocycles. The fourth-order valence-corrected chi connectivity index (χ4v) is 2.83. The van der Waals surface area contributed by atoms with Gasteiger partial charge in [0.25, 0.3) is 0 Å². The summed E-state index contributed by atoms with van der Waals surface area (Å²) in [5, 5.41) is 19.0. The lowest BCUT2D eigenvalue weighted by Gasteiger charge is -2.24. The summed E-state index contributed by atoms with van der Waals surface area (Å²) in [7, 11) is 1.83. The van der Waals surface area contributed by atoms with Gasteiger partial charge in [-0.2, -0.15) is 5.10 Å². The largest absolute Gasteiger partial charge is 0.481 e. The molecule has 2 rings (SSSR count). The number of hydrogen-bond acceptors (Lipinski definition) is 3. The van der Waals surface area contributed by atoms with Crippen molar-refractivity contribution in [1.29, 1.82) is 0 Å². The molecule has 0 aromatic carbocycles. The number of carbonyl (C=O) groups is 2. The first-order chi connectivity index (χ1) is 9.93. The highest BCUT2D eigenvalue weighted by molar-refractivity contribution is 5.78. The quantitative estimate of drug-likeness (QED) is 0.759. The summed E-state index contributed by atoms with van der Waals surface area (Å²) in [6.45, 7) is 2.44. The van der Waals surface area contributed by atoms with Crippen LogP contribution in [0.3, 0.4) is 0 Å². The van der Waals surface area contributed by atoms with Crippen molar-refractivity contribution in [3.8, 4) is 0 Å². The average molecular weight is 294 g/mol. The molecule has 7 heteroatoms. The van der Waals surface area contributed by atoms with Crippen LogP contribution in [0.4, 0.5) is 4.79 Å². The highest BCUT2D eigenvalue weighted by Gasteiger charge is 2.41. The lowest BCUT2D eigenvalue weighted by Crippen LogP contribution is -2.44. The first kappa shape index (κ1) is 15.3. The molecule has 1 saturated carbocycles. The lowest BCUT2D eigenvalue weighted by atomic mass is 9.86. The third-order valence-electron chi connectivity index (χ3n) is 4.16. The Balaban J connectivity index is 1.82. The second-order valence-electron chi connectivity index (χ2n) is 5.74. The van der Waals surface area contributed by atoms with E-state index in [-0.39, 0.29) is 12.6 Å². The van der Waals surface area contributed by atoms with Crippen LogP contribution in [0.25, 0.3) is 0 Å².